The number of hydrogen-bond acceptors (Lipinski definition) is 1. The van der Waals surface area contributed by atoms with E-state index in [0.29, 0.717) is 17.4 Å². The maximum absolute atomic E-state index is 14.7. The second kappa shape index (κ2) is 9.78. The summed E-state index contributed by atoms with van der Waals surface area (Å²) < 4.78 is 102. The van der Waals surface area contributed by atoms with Crippen LogP contribution in [0.3, 0.4) is 0 Å². The van der Waals surface area contributed by atoms with Crippen LogP contribution in [0.5, 0.6) is 5.75 Å². The third-order valence-electron chi connectivity index (χ3n) is 7.53. The lowest BCUT2D eigenvalue weighted by Gasteiger charge is -2.37. The van der Waals surface area contributed by atoms with Crippen LogP contribution >= 0.6 is 0 Å². The Morgan fingerprint density at radius 1 is 0.676 bits per heavy atom. The Hall–Kier alpha value is -2.25. The Morgan fingerprint density at radius 2 is 1.15 bits per heavy atom. The van der Waals surface area contributed by atoms with E-state index in [1.165, 1.54) is 25.7 Å². The fraction of sp³-hybridized carbons (Fsp3) is 0.538. The van der Waals surface area contributed by atoms with Gasteiger partial charge in [-0.1, -0.05) is 19.8 Å². The summed E-state index contributed by atoms with van der Waals surface area (Å²) in [5, 5.41) is 0. The minimum Gasteiger partial charge on any atom is -0.429 e. The van der Waals surface area contributed by atoms with Crippen LogP contribution in [0, 0.1) is 46.8 Å². The van der Waals surface area contributed by atoms with Crippen molar-refractivity contribution in [1.82, 2.24) is 0 Å². The van der Waals surface area contributed by atoms with Crippen molar-refractivity contribution in [3.8, 4) is 5.75 Å². The largest absolute Gasteiger partial charge is 0.432 e. The molecule has 0 spiro atoms. The van der Waals surface area contributed by atoms with E-state index in [1.54, 1.807) is 0 Å². The van der Waals surface area contributed by atoms with Gasteiger partial charge in [-0.2, -0.15) is 8.78 Å². The van der Waals surface area contributed by atoms with Crippen molar-refractivity contribution < 1.29 is 35.5 Å². The molecule has 8 heteroatoms. The highest BCUT2D eigenvalue weighted by molar-refractivity contribution is 5.33. The van der Waals surface area contributed by atoms with Crippen molar-refractivity contribution in [3.05, 3.63) is 64.5 Å². The summed E-state index contributed by atoms with van der Waals surface area (Å²) in [4.78, 5) is 0. The molecule has 2 aliphatic carbocycles. The van der Waals surface area contributed by atoms with Crippen LogP contribution < -0.4 is 4.74 Å². The first kappa shape index (κ1) is 24.9. The van der Waals surface area contributed by atoms with Gasteiger partial charge in [0.1, 0.15) is 22.9 Å². The first-order chi connectivity index (χ1) is 16.0. The normalized spacial score (nSPS) is 25.9. The molecular weight excluding hydrogens is 461 g/mol. The summed E-state index contributed by atoms with van der Waals surface area (Å²) >= 11 is 0. The lowest BCUT2D eigenvalue weighted by molar-refractivity contribution is -0.189. The maximum atomic E-state index is 14.7. The fourth-order valence-electron chi connectivity index (χ4n) is 5.58. The van der Waals surface area contributed by atoms with E-state index in [0.717, 1.165) is 43.7 Å². The molecule has 0 amide bonds. The van der Waals surface area contributed by atoms with Crippen molar-refractivity contribution in [3.63, 3.8) is 0 Å². The molecule has 0 N–H and O–H groups in total. The topological polar surface area (TPSA) is 9.23 Å². The molecule has 0 atom stereocenters. The van der Waals surface area contributed by atoms with E-state index < -0.39 is 46.5 Å². The van der Waals surface area contributed by atoms with Crippen LogP contribution in [0.2, 0.25) is 0 Å². The maximum Gasteiger partial charge on any atom is 0.432 e. The van der Waals surface area contributed by atoms with E-state index in [4.69, 9.17) is 0 Å². The molecule has 0 heterocycles. The summed E-state index contributed by atoms with van der Waals surface area (Å²) in [5.41, 5.74) is -1.35. The highest BCUT2D eigenvalue weighted by atomic mass is 19.3. The van der Waals surface area contributed by atoms with Crippen LogP contribution in [0.15, 0.2) is 24.3 Å². The van der Waals surface area contributed by atoms with E-state index in [1.807, 2.05) is 0 Å². The number of halogens is 7. The molecule has 2 saturated carbocycles. The zero-order valence-corrected chi connectivity index (χ0v) is 18.8. The second-order valence-corrected chi connectivity index (χ2v) is 9.81. The number of benzene rings is 2. The van der Waals surface area contributed by atoms with Crippen LogP contribution in [-0.4, -0.2) is 0 Å². The first-order valence-corrected chi connectivity index (χ1v) is 11.8. The predicted molar refractivity (Wildman–Crippen MR) is 113 cm³/mol. The van der Waals surface area contributed by atoms with Gasteiger partial charge >= 0.3 is 6.11 Å². The Bertz CT molecular complexity index is 976. The molecule has 34 heavy (non-hydrogen) atoms. The van der Waals surface area contributed by atoms with Crippen molar-refractivity contribution in [2.24, 2.45) is 17.8 Å². The zero-order valence-electron chi connectivity index (χ0n) is 18.8. The zero-order chi connectivity index (χ0) is 24.6. The van der Waals surface area contributed by atoms with E-state index in [2.05, 4.69) is 11.7 Å². The average molecular weight is 488 g/mol. The summed E-state index contributed by atoms with van der Waals surface area (Å²) in [6, 6.07) is 2.13. The molecular formula is C26H27F7O. The second-order valence-electron chi connectivity index (χ2n) is 9.81. The Kier molecular flexibility index (Phi) is 7.15. The number of alkyl halides is 2. The molecule has 0 saturated heterocycles. The average Bonchev–Trinajstić information content (AvgIpc) is 2.77. The van der Waals surface area contributed by atoms with Gasteiger partial charge in [0.2, 0.25) is 0 Å². The molecule has 186 valence electrons. The minimum absolute atomic E-state index is 0.133. The Morgan fingerprint density at radius 3 is 1.65 bits per heavy atom. The number of hydrogen-bond donors (Lipinski definition) is 0. The van der Waals surface area contributed by atoms with Crippen LogP contribution in [-0.2, 0) is 6.11 Å². The van der Waals surface area contributed by atoms with Gasteiger partial charge in [0.05, 0.1) is 0 Å². The number of ether oxygens (including phenoxy) is 1. The van der Waals surface area contributed by atoms with Crippen molar-refractivity contribution in [2.45, 2.75) is 70.3 Å². The monoisotopic (exact) mass is 488 g/mol. The quantitative estimate of drug-likeness (QED) is 0.302. The summed E-state index contributed by atoms with van der Waals surface area (Å²) in [7, 11) is 0. The molecule has 0 aliphatic heterocycles. The summed E-state index contributed by atoms with van der Waals surface area (Å²) in [6.07, 6.45) is 3.67. The molecule has 2 aromatic rings. The predicted octanol–water partition coefficient (Wildman–Crippen LogP) is 8.61. The molecule has 0 aromatic heterocycles. The van der Waals surface area contributed by atoms with Gasteiger partial charge in [0.25, 0.3) is 0 Å². The molecule has 4 rings (SSSR count). The molecule has 0 bridgehead atoms. The molecule has 2 aliphatic rings. The van der Waals surface area contributed by atoms with Gasteiger partial charge in [-0.15, -0.1) is 0 Å². The third-order valence-corrected chi connectivity index (χ3v) is 7.53. The van der Waals surface area contributed by atoms with Gasteiger partial charge in [0, 0.05) is 12.1 Å². The van der Waals surface area contributed by atoms with Crippen molar-refractivity contribution in [1.29, 1.82) is 0 Å². The highest BCUT2D eigenvalue weighted by Crippen LogP contribution is 2.45. The van der Waals surface area contributed by atoms with Crippen LogP contribution in [0.25, 0.3) is 0 Å². The highest BCUT2D eigenvalue weighted by Gasteiger charge is 2.42. The standard InChI is InChI=1S/C26H27F7O/c1-14-2-4-15(5-3-14)16-6-8-17(9-7-16)18-10-20(27)24(21(28)11-18)26(32,33)34-19-12-22(29)25(31)23(30)13-19/h10-17H,2-9H2,1H3. The lowest BCUT2D eigenvalue weighted by Crippen LogP contribution is -2.26. The van der Waals surface area contributed by atoms with Crippen molar-refractivity contribution >= 4 is 0 Å². The molecule has 0 unspecified atom stereocenters. The van der Waals surface area contributed by atoms with Gasteiger partial charge < -0.3 is 4.74 Å². The van der Waals surface area contributed by atoms with Gasteiger partial charge in [0.15, 0.2) is 17.5 Å². The Labute approximate surface area is 194 Å². The van der Waals surface area contributed by atoms with Gasteiger partial charge in [-0.25, -0.2) is 22.0 Å². The summed E-state index contributed by atoms with van der Waals surface area (Å²) in [6.45, 7) is 2.27. The van der Waals surface area contributed by atoms with Crippen molar-refractivity contribution in [2.75, 3.05) is 0 Å². The SMILES string of the molecule is CC1CCC(C2CCC(c3cc(F)c(C(F)(F)Oc4cc(F)c(F)c(F)c4)c(F)c3)CC2)CC1. The minimum atomic E-state index is -4.57. The smallest absolute Gasteiger partial charge is 0.429 e. The molecule has 1 nitrogen and oxygen atoms in total. The van der Waals surface area contributed by atoms with E-state index in [9.17, 15) is 30.7 Å². The molecule has 0 radical (unpaired) electrons. The van der Waals surface area contributed by atoms with Gasteiger partial charge in [-0.3, -0.25) is 0 Å². The summed E-state index contributed by atoms with van der Waals surface area (Å²) in [5.74, 6) is -7.60. The molecule has 2 aromatic carbocycles. The van der Waals surface area contributed by atoms with Crippen LogP contribution in [0.1, 0.15) is 75.3 Å². The van der Waals surface area contributed by atoms with E-state index >= 15 is 0 Å². The molecule has 2 fully saturated rings. The van der Waals surface area contributed by atoms with E-state index in [-0.39, 0.29) is 18.1 Å². The first-order valence-electron chi connectivity index (χ1n) is 11.8. The third kappa shape index (κ3) is 5.20. The van der Waals surface area contributed by atoms with Crippen LogP contribution in [0.4, 0.5) is 30.7 Å². The Balaban J connectivity index is 1.47. The number of rotatable bonds is 5. The fourth-order valence-corrected chi connectivity index (χ4v) is 5.58. The van der Waals surface area contributed by atoms with Gasteiger partial charge in [-0.05, 0) is 79.9 Å². The lowest BCUT2D eigenvalue weighted by atomic mass is 9.68.